The predicted octanol–water partition coefficient (Wildman–Crippen LogP) is 3.85. The molecule has 1 aromatic rings. The summed E-state index contributed by atoms with van der Waals surface area (Å²) in [5, 5.41) is 3.53. The van der Waals surface area contributed by atoms with Crippen molar-refractivity contribution >= 4 is 23.5 Å². The van der Waals surface area contributed by atoms with Gasteiger partial charge in [-0.2, -0.15) is 0 Å². The highest BCUT2D eigenvalue weighted by Gasteiger charge is 2.23. The second-order valence-electron chi connectivity index (χ2n) is 8.31. The Morgan fingerprint density at radius 3 is 2.37 bits per heavy atom. The molecule has 1 aromatic carbocycles. The summed E-state index contributed by atoms with van der Waals surface area (Å²) in [4.78, 5) is 31.5. The number of amides is 3. The van der Waals surface area contributed by atoms with Crippen molar-refractivity contribution in [1.82, 2.24) is 20.0 Å². The Kier molecular flexibility index (Phi) is 9.27. The highest BCUT2D eigenvalue weighted by atomic mass is 35.5. The Morgan fingerprint density at radius 2 is 1.57 bits per heavy atom. The van der Waals surface area contributed by atoms with Crippen LogP contribution in [0.15, 0.2) is 24.3 Å². The first-order chi connectivity index (χ1) is 14.6. The van der Waals surface area contributed by atoms with E-state index >= 15 is 0 Å². The molecular weight excluding hydrogens is 400 g/mol. The Bertz CT molecular complexity index is 694. The van der Waals surface area contributed by atoms with Crippen LogP contribution < -0.4 is 5.32 Å². The van der Waals surface area contributed by atoms with Crippen molar-refractivity contribution < 1.29 is 9.59 Å². The predicted molar refractivity (Wildman–Crippen MR) is 121 cm³/mol. The van der Waals surface area contributed by atoms with Gasteiger partial charge in [-0.15, -0.1) is 0 Å². The number of urea groups is 1. The van der Waals surface area contributed by atoms with Crippen LogP contribution >= 0.6 is 11.6 Å². The zero-order valence-corrected chi connectivity index (χ0v) is 18.7. The van der Waals surface area contributed by atoms with Crippen LogP contribution in [-0.4, -0.2) is 79.0 Å². The number of nitrogens with one attached hydrogen (secondary N) is 1. The molecule has 6 nitrogen and oxygen atoms in total. The van der Waals surface area contributed by atoms with Crippen molar-refractivity contribution in [2.75, 3.05) is 52.4 Å². The van der Waals surface area contributed by atoms with Crippen molar-refractivity contribution in [3.05, 3.63) is 34.9 Å². The summed E-state index contributed by atoms with van der Waals surface area (Å²) in [6.45, 7) is 6.82. The maximum Gasteiger partial charge on any atom is 0.317 e. The summed E-state index contributed by atoms with van der Waals surface area (Å²) < 4.78 is 0. The number of rotatable bonds is 7. The number of piperidine rings is 1. The number of nitrogens with zero attached hydrogens (tertiary/aromatic N) is 3. The quantitative estimate of drug-likeness (QED) is 0.663. The number of carbonyl (C=O) groups is 2. The smallest absolute Gasteiger partial charge is 0.317 e. The minimum atomic E-state index is -0.0587. The van der Waals surface area contributed by atoms with Crippen LogP contribution in [0.5, 0.6) is 0 Å². The van der Waals surface area contributed by atoms with Gasteiger partial charge in [0.05, 0.1) is 10.6 Å². The van der Waals surface area contributed by atoms with E-state index in [4.69, 9.17) is 11.6 Å². The second kappa shape index (κ2) is 12.2. The van der Waals surface area contributed by atoms with Crippen LogP contribution in [0.2, 0.25) is 5.02 Å². The summed E-state index contributed by atoms with van der Waals surface area (Å²) in [6.07, 6.45) is 8.21. The Balaban J connectivity index is 1.33. The van der Waals surface area contributed by atoms with E-state index in [0.717, 1.165) is 25.8 Å². The van der Waals surface area contributed by atoms with Crippen molar-refractivity contribution in [2.24, 2.45) is 0 Å². The fourth-order valence-corrected chi connectivity index (χ4v) is 4.47. The third-order valence-corrected chi connectivity index (χ3v) is 6.38. The Hall–Kier alpha value is -1.79. The first-order valence-electron chi connectivity index (χ1n) is 11.4. The number of halogens is 1. The van der Waals surface area contributed by atoms with Gasteiger partial charge in [0.15, 0.2) is 0 Å². The van der Waals surface area contributed by atoms with Crippen LogP contribution in [0, 0.1) is 0 Å². The minimum absolute atomic E-state index is 0.0157. The molecule has 3 amide bonds. The number of likely N-dealkylation sites (tertiary alicyclic amines) is 1. The molecular formula is C23H35ClN4O2. The van der Waals surface area contributed by atoms with Gasteiger partial charge in [0.2, 0.25) is 0 Å². The number of carbonyl (C=O) groups excluding carboxylic acids is 2. The lowest BCUT2D eigenvalue weighted by atomic mass is 10.1. The van der Waals surface area contributed by atoms with E-state index in [0.29, 0.717) is 36.8 Å². The first-order valence-corrected chi connectivity index (χ1v) is 11.8. The molecule has 30 heavy (non-hydrogen) atoms. The van der Waals surface area contributed by atoms with Crippen LogP contribution in [0.4, 0.5) is 4.79 Å². The van der Waals surface area contributed by atoms with Crippen molar-refractivity contribution in [3.63, 3.8) is 0 Å². The monoisotopic (exact) mass is 434 g/mol. The Labute approximate surface area is 185 Å². The third kappa shape index (κ3) is 6.88. The highest BCUT2D eigenvalue weighted by Crippen LogP contribution is 2.18. The summed E-state index contributed by atoms with van der Waals surface area (Å²) >= 11 is 6.17. The molecule has 0 saturated carbocycles. The van der Waals surface area contributed by atoms with Crippen LogP contribution in [-0.2, 0) is 0 Å². The average molecular weight is 435 g/mol. The third-order valence-electron chi connectivity index (χ3n) is 6.05. The van der Waals surface area contributed by atoms with Gasteiger partial charge in [-0.3, -0.25) is 4.79 Å². The number of hydrogen-bond donors (Lipinski definition) is 1. The van der Waals surface area contributed by atoms with Gasteiger partial charge in [0.25, 0.3) is 5.91 Å². The summed E-state index contributed by atoms with van der Waals surface area (Å²) in [5.74, 6) is -0.0587. The van der Waals surface area contributed by atoms with E-state index in [1.807, 2.05) is 17.0 Å². The highest BCUT2D eigenvalue weighted by molar-refractivity contribution is 6.33. The van der Waals surface area contributed by atoms with Gasteiger partial charge in [-0.05, 0) is 63.9 Å². The van der Waals surface area contributed by atoms with E-state index in [2.05, 4.69) is 10.2 Å². The minimum Gasteiger partial charge on any atom is -0.338 e. The molecule has 0 bridgehead atoms. The maximum absolute atomic E-state index is 12.8. The Morgan fingerprint density at radius 1 is 0.833 bits per heavy atom. The molecule has 0 atom stereocenters. The van der Waals surface area contributed by atoms with Gasteiger partial charge in [0, 0.05) is 32.7 Å². The van der Waals surface area contributed by atoms with Crippen LogP contribution in [0.3, 0.4) is 0 Å². The molecule has 0 unspecified atom stereocenters. The molecule has 7 heteroatoms. The van der Waals surface area contributed by atoms with Crippen molar-refractivity contribution in [2.45, 2.75) is 44.9 Å². The fourth-order valence-electron chi connectivity index (χ4n) is 4.26. The standard InChI is InChI=1S/C23H35ClN4O2/c24-21-11-4-3-10-20(21)22(29)27-16-9-17-28(19-18-27)23(30)25-12-5-1-6-13-26-14-7-2-8-15-26/h3-4,10-11H,1-2,5-9,12-19H2,(H,25,30). The number of unbranched alkanes of at least 4 members (excludes halogenated alkanes) is 2. The van der Waals surface area contributed by atoms with E-state index < -0.39 is 0 Å². The van der Waals surface area contributed by atoms with Crippen LogP contribution in [0.25, 0.3) is 0 Å². The van der Waals surface area contributed by atoms with Gasteiger partial charge in [0.1, 0.15) is 0 Å². The molecule has 2 heterocycles. The van der Waals surface area contributed by atoms with E-state index in [1.54, 1.807) is 17.0 Å². The fraction of sp³-hybridized carbons (Fsp3) is 0.652. The number of hydrogen-bond acceptors (Lipinski definition) is 3. The van der Waals surface area contributed by atoms with Gasteiger partial charge >= 0.3 is 6.03 Å². The summed E-state index contributed by atoms with van der Waals surface area (Å²) in [5.41, 5.74) is 0.529. The molecule has 0 aliphatic carbocycles. The normalized spacial score (nSPS) is 18.2. The van der Waals surface area contributed by atoms with Crippen molar-refractivity contribution in [3.8, 4) is 0 Å². The lowest BCUT2D eigenvalue weighted by Crippen LogP contribution is -2.43. The zero-order valence-electron chi connectivity index (χ0n) is 18.0. The molecule has 0 radical (unpaired) electrons. The van der Waals surface area contributed by atoms with Crippen molar-refractivity contribution in [1.29, 1.82) is 0 Å². The topological polar surface area (TPSA) is 55.9 Å². The SMILES string of the molecule is O=C(NCCCCCN1CCCCC1)N1CCCN(C(=O)c2ccccc2Cl)CC1. The summed E-state index contributed by atoms with van der Waals surface area (Å²) in [7, 11) is 0. The van der Waals surface area contributed by atoms with Gasteiger partial charge in [-0.25, -0.2) is 4.79 Å². The van der Waals surface area contributed by atoms with E-state index in [9.17, 15) is 9.59 Å². The average Bonchev–Trinajstić information content (AvgIpc) is 3.03. The zero-order chi connectivity index (χ0) is 21.2. The maximum atomic E-state index is 12.8. The van der Waals surface area contributed by atoms with Gasteiger partial charge < -0.3 is 20.0 Å². The largest absolute Gasteiger partial charge is 0.338 e. The first kappa shape index (κ1) is 22.9. The molecule has 3 rings (SSSR count). The van der Waals surface area contributed by atoms with Gasteiger partial charge in [-0.1, -0.05) is 36.6 Å². The molecule has 0 aromatic heterocycles. The molecule has 2 aliphatic rings. The lowest BCUT2D eigenvalue weighted by molar-refractivity contribution is 0.0762. The molecule has 166 valence electrons. The van der Waals surface area contributed by atoms with E-state index in [1.165, 1.54) is 45.3 Å². The summed E-state index contributed by atoms with van der Waals surface area (Å²) in [6, 6.07) is 7.12. The molecule has 0 spiro atoms. The lowest BCUT2D eigenvalue weighted by Gasteiger charge is -2.26. The number of benzene rings is 1. The molecule has 2 aliphatic heterocycles. The second-order valence-corrected chi connectivity index (χ2v) is 8.71. The molecule has 2 fully saturated rings. The van der Waals surface area contributed by atoms with E-state index in [-0.39, 0.29) is 11.9 Å². The molecule has 2 saturated heterocycles. The molecule has 1 N–H and O–H groups in total. The van der Waals surface area contributed by atoms with Crippen LogP contribution in [0.1, 0.15) is 55.3 Å².